The molecule has 162 valence electrons. The van der Waals surface area contributed by atoms with Gasteiger partial charge in [-0.15, -0.1) is 0 Å². The zero-order valence-corrected chi connectivity index (χ0v) is 16.7. The molecule has 31 heavy (non-hydrogen) atoms. The molecule has 0 radical (unpaired) electrons. The molecule has 9 heteroatoms. The van der Waals surface area contributed by atoms with Crippen molar-refractivity contribution < 1.29 is 27.4 Å². The van der Waals surface area contributed by atoms with E-state index in [1.165, 1.54) is 6.07 Å². The third kappa shape index (κ3) is 4.77. The van der Waals surface area contributed by atoms with Crippen LogP contribution < -0.4 is 4.74 Å². The Morgan fingerprint density at radius 3 is 2.58 bits per heavy atom. The highest BCUT2D eigenvalue weighted by Crippen LogP contribution is 2.30. The lowest BCUT2D eigenvalue weighted by Crippen LogP contribution is -2.40. The molecule has 3 heterocycles. The molecule has 0 unspecified atom stereocenters. The van der Waals surface area contributed by atoms with Crippen LogP contribution in [-0.2, 0) is 10.9 Å². The van der Waals surface area contributed by atoms with Gasteiger partial charge < -0.3 is 14.4 Å². The Bertz CT molecular complexity index is 1080. The van der Waals surface area contributed by atoms with Crippen LogP contribution in [0.15, 0.2) is 48.7 Å². The van der Waals surface area contributed by atoms with Gasteiger partial charge in [0.25, 0.3) is 5.91 Å². The SMILES string of the molecule is CN(C(=O)c1ccc2cc(Oc3ccc(C(F)(F)F)cn3)ccc2n1)C1CCOCC1. The number of benzene rings is 1. The number of carbonyl (C=O) groups is 1. The molecule has 3 aromatic rings. The maximum absolute atomic E-state index is 12.8. The molecule has 1 amide bonds. The first-order chi connectivity index (χ1) is 14.8. The van der Waals surface area contributed by atoms with E-state index in [0.29, 0.717) is 30.2 Å². The fraction of sp³-hybridized carbons (Fsp3) is 0.318. The van der Waals surface area contributed by atoms with Crippen molar-refractivity contribution in [2.45, 2.75) is 25.1 Å². The van der Waals surface area contributed by atoms with Gasteiger partial charge in [-0.05, 0) is 43.2 Å². The first-order valence-electron chi connectivity index (χ1n) is 9.78. The zero-order chi connectivity index (χ0) is 22.0. The number of amides is 1. The fourth-order valence-electron chi connectivity index (χ4n) is 3.43. The lowest BCUT2D eigenvalue weighted by Gasteiger charge is -2.31. The molecule has 1 aliphatic rings. The molecule has 2 aromatic heterocycles. The van der Waals surface area contributed by atoms with Crippen LogP contribution in [0, 0.1) is 0 Å². The van der Waals surface area contributed by atoms with Crippen molar-refractivity contribution in [1.82, 2.24) is 14.9 Å². The lowest BCUT2D eigenvalue weighted by atomic mass is 10.1. The number of nitrogens with zero attached hydrogens (tertiary/aromatic N) is 3. The van der Waals surface area contributed by atoms with Crippen molar-refractivity contribution in [3.63, 3.8) is 0 Å². The van der Waals surface area contributed by atoms with E-state index in [2.05, 4.69) is 9.97 Å². The third-order valence-electron chi connectivity index (χ3n) is 5.22. The van der Waals surface area contributed by atoms with Crippen molar-refractivity contribution in [2.75, 3.05) is 20.3 Å². The molecule has 1 saturated heterocycles. The van der Waals surface area contributed by atoms with Crippen molar-refractivity contribution in [1.29, 1.82) is 0 Å². The third-order valence-corrected chi connectivity index (χ3v) is 5.22. The summed E-state index contributed by atoms with van der Waals surface area (Å²) in [6.45, 7) is 1.29. The van der Waals surface area contributed by atoms with E-state index in [0.717, 1.165) is 30.5 Å². The van der Waals surface area contributed by atoms with Crippen molar-refractivity contribution >= 4 is 16.8 Å². The maximum Gasteiger partial charge on any atom is 0.417 e. The molecule has 0 N–H and O–H groups in total. The summed E-state index contributed by atoms with van der Waals surface area (Å²) in [7, 11) is 1.78. The van der Waals surface area contributed by atoms with Gasteiger partial charge in [0.1, 0.15) is 11.4 Å². The fourth-order valence-corrected chi connectivity index (χ4v) is 3.43. The van der Waals surface area contributed by atoms with Crippen molar-refractivity contribution in [3.05, 3.63) is 59.9 Å². The summed E-state index contributed by atoms with van der Waals surface area (Å²) >= 11 is 0. The number of alkyl halides is 3. The molecule has 1 aromatic carbocycles. The van der Waals surface area contributed by atoms with Crippen LogP contribution in [0.25, 0.3) is 10.9 Å². The molecular formula is C22H20F3N3O3. The first kappa shape index (κ1) is 21.0. The number of halogens is 3. The van der Waals surface area contributed by atoms with Crippen LogP contribution in [0.3, 0.4) is 0 Å². The molecule has 0 aliphatic carbocycles. The Morgan fingerprint density at radius 1 is 1.13 bits per heavy atom. The van der Waals surface area contributed by atoms with E-state index in [-0.39, 0.29) is 17.8 Å². The minimum atomic E-state index is -4.45. The average molecular weight is 431 g/mol. The summed E-state index contributed by atoms with van der Waals surface area (Å²) in [5.41, 5.74) is 0.115. The van der Waals surface area contributed by atoms with Gasteiger partial charge in [0.15, 0.2) is 0 Å². The molecule has 6 nitrogen and oxygen atoms in total. The van der Waals surface area contributed by atoms with E-state index in [9.17, 15) is 18.0 Å². The number of hydrogen-bond acceptors (Lipinski definition) is 5. The summed E-state index contributed by atoms with van der Waals surface area (Å²) in [6, 6.07) is 10.6. The molecule has 0 atom stereocenters. The highest BCUT2D eigenvalue weighted by molar-refractivity contribution is 5.95. The second kappa shape index (κ2) is 8.50. The van der Waals surface area contributed by atoms with E-state index in [1.807, 2.05) is 0 Å². The van der Waals surface area contributed by atoms with Crippen molar-refractivity contribution in [3.8, 4) is 11.6 Å². The number of aromatic nitrogens is 2. The number of fused-ring (bicyclic) bond motifs is 1. The molecule has 0 bridgehead atoms. The van der Waals surface area contributed by atoms with Crippen LogP contribution in [0.4, 0.5) is 13.2 Å². The summed E-state index contributed by atoms with van der Waals surface area (Å²) < 4.78 is 48.8. The Morgan fingerprint density at radius 2 is 1.90 bits per heavy atom. The summed E-state index contributed by atoms with van der Waals surface area (Å²) in [5, 5.41) is 0.731. The van der Waals surface area contributed by atoms with Gasteiger partial charge in [0, 0.05) is 44.0 Å². The van der Waals surface area contributed by atoms with Gasteiger partial charge in [0.05, 0.1) is 11.1 Å². The van der Waals surface area contributed by atoms with Crippen molar-refractivity contribution in [2.24, 2.45) is 0 Å². The number of pyridine rings is 2. The van der Waals surface area contributed by atoms with Crippen LogP contribution in [0.5, 0.6) is 11.6 Å². The Balaban J connectivity index is 1.49. The van der Waals surface area contributed by atoms with Gasteiger partial charge in [0.2, 0.25) is 5.88 Å². The minimum Gasteiger partial charge on any atom is -0.439 e. The predicted molar refractivity (Wildman–Crippen MR) is 107 cm³/mol. The number of rotatable bonds is 4. The van der Waals surface area contributed by atoms with E-state index < -0.39 is 11.7 Å². The second-order valence-electron chi connectivity index (χ2n) is 7.30. The quantitative estimate of drug-likeness (QED) is 0.600. The molecular weight excluding hydrogens is 411 g/mol. The highest BCUT2D eigenvalue weighted by Gasteiger charge is 2.30. The Labute approximate surface area is 176 Å². The first-order valence-corrected chi connectivity index (χ1v) is 9.78. The summed E-state index contributed by atoms with van der Waals surface area (Å²) in [6.07, 6.45) is -2.12. The minimum absolute atomic E-state index is 0.0465. The Kier molecular flexibility index (Phi) is 5.77. The molecule has 1 aliphatic heterocycles. The predicted octanol–water partition coefficient (Wildman–Crippen LogP) is 4.69. The van der Waals surface area contributed by atoms with Gasteiger partial charge in [-0.3, -0.25) is 4.79 Å². The van der Waals surface area contributed by atoms with Crippen LogP contribution in [-0.4, -0.2) is 47.1 Å². The van der Waals surface area contributed by atoms with Crippen LogP contribution in [0.1, 0.15) is 28.9 Å². The molecule has 0 spiro atoms. The summed E-state index contributed by atoms with van der Waals surface area (Å²) in [4.78, 5) is 22.7. The van der Waals surface area contributed by atoms with Crippen LogP contribution in [0.2, 0.25) is 0 Å². The topological polar surface area (TPSA) is 64.6 Å². The van der Waals surface area contributed by atoms with E-state index in [4.69, 9.17) is 9.47 Å². The lowest BCUT2D eigenvalue weighted by molar-refractivity contribution is -0.137. The largest absolute Gasteiger partial charge is 0.439 e. The smallest absolute Gasteiger partial charge is 0.417 e. The average Bonchev–Trinajstić information content (AvgIpc) is 2.78. The number of ether oxygens (including phenoxy) is 2. The number of carbonyl (C=O) groups excluding carboxylic acids is 1. The molecule has 4 rings (SSSR count). The van der Waals surface area contributed by atoms with Gasteiger partial charge >= 0.3 is 6.18 Å². The summed E-state index contributed by atoms with van der Waals surface area (Å²) in [5.74, 6) is 0.299. The monoisotopic (exact) mass is 431 g/mol. The van der Waals surface area contributed by atoms with E-state index >= 15 is 0 Å². The van der Waals surface area contributed by atoms with Gasteiger partial charge in [-0.25, -0.2) is 9.97 Å². The van der Waals surface area contributed by atoms with Crippen LogP contribution >= 0.6 is 0 Å². The normalized spacial score (nSPS) is 15.1. The molecule has 1 fully saturated rings. The highest BCUT2D eigenvalue weighted by atomic mass is 19.4. The van der Waals surface area contributed by atoms with Gasteiger partial charge in [-0.2, -0.15) is 13.2 Å². The Hall–Kier alpha value is -3.20. The van der Waals surface area contributed by atoms with Gasteiger partial charge in [-0.1, -0.05) is 6.07 Å². The maximum atomic E-state index is 12.8. The standard InChI is InChI=1S/C22H20F3N3O3/c1-28(16-8-10-30-11-9-16)21(29)19-5-2-14-12-17(4-6-18(14)27-19)31-20-7-3-15(13-26-20)22(23,24)25/h2-7,12-13,16H,8-11H2,1H3. The van der Waals surface area contributed by atoms with E-state index in [1.54, 1.807) is 42.3 Å². The number of hydrogen-bond donors (Lipinski definition) is 0. The zero-order valence-electron chi connectivity index (χ0n) is 16.7. The molecule has 0 saturated carbocycles. The second-order valence-corrected chi connectivity index (χ2v) is 7.30.